The van der Waals surface area contributed by atoms with Gasteiger partial charge in [0.25, 0.3) is 0 Å². The number of amides is 1. The van der Waals surface area contributed by atoms with Crippen LogP contribution in [0.5, 0.6) is 0 Å². The first-order chi connectivity index (χ1) is 8.09. The standard InChI is InChI=1S/C11H10FNO3S/c12-7-2-1-3-8(4-7)13-9(11(15)16)5-17-6-10(13)14/h1-4,9H,5-6H2,(H,15,16). The summed E-state index contributed by atoms with van der Waals surface area (Å²) >= 11 is 1.28. The summed E-state index contributed by atoms with van der Waals surface area (Å²) in [6.07, 6.45) is 0. The van der Waals surface area contributed by atoms with Crippen LogP contribution in [0.2, 0.25) is 0 Å². The molecular formula is C11H10FNO3S. The van der Waals surface area contributed by atoms with Crippen LogP contribution in [0.15, 0.2) is 24.3 Å². The quantitative estimate of drug-likeness (QED) is 0.867. The van der Waals surface area contributed by atoms with Crippen molar-refractivity contribution in [3.05, 3.63) is 30.1 Å². The fourth-order valence-electron chi connectivity index (χ4n) is 1.71. The number of carboxylic acid groups (broad SMARTS) is 1. The molecule has 1 aliphatic rings. The third-order valence-corrected chi connectivity index (χ3v) is 3.46. The zero-order chi connectivity index (χ0) is 12.4. The van der Waals surface area contributed by atoms with E-state index in [1.54, 1.807) is 0 Å². The van der Waals surface area contributed by atoms with Crippen molar-refractivity contribution in [2.75, 3.05) is 16.4 Å². The Morgan fingerprint density at radius 2 is 2.29 bits per heavy atom. The molecule has 1 unspecified atom stereocenters. The minimum absolute atomic E-state index is 0.223. The number of thioether (sulfide) groups is 1. The summed E-state index contributed by atoms with van der Waals surface area (Å²) in [4.78, 5) is 24.0. The predicted octanol–water partition coefficient (Wildman–Crippen LogP) is 1.36. The fraction of sp³-hybridized carbons (Fsp3) is 0.273. The third-order valence-electron chi connectivity index (χ3n) is 2.45. The Bertz CT molecular complexity index is 466. The molecule has 6 heteroatoms. The van der Waals surface area contributed by atoms with E-state index < -0.39 is 17.8 Å². The zero-order valence-electron chi connectivity index (χ0n) is 8.80. The zero-order valence-corrected chi connectivity index (χ0v) is 9.61. The highest BCUT2D eigenvalue weighted by molar-refractivity contribution is 8.00. The Balaban J connectivity index is 2.38. The predicted molar refractivity (Wildman–Crippen MR) is 62.6 cm³/mol. The molecule has 1 amide bonds. The van der Waals surface area contributed by atoms with Gasteiger partial charge >= 0.3 is 5.97 Å². The van der Waals surface area contributed by atoms with Crippen molar-refractivity contribution < 1.29 is 19.1 Å². The number of aliphatic carboxylic acids is 1. The lowest BCUT2D eigenvalue weighted by Crippen LogP contribution is -2.51. The maximum Gasteiger partial charge on any atom is 0.327 e. The van der Waals surface area contributed by atoms with E-state index in [4.69, 9.17) is 5.11 Å². The molecule has 1 atom stereocenters. The van der Waals surface area contributed by atoms with Gasteiger partial charge < -0.3 is 5.11 Å². The van der Waals surface area contributed by atoms with E-state index in [0.717, 1.165) is 4.90 Å². The van der Waals surface area contributed by atoms with Gasteiger partial charge in [-0.15, -0.1) is 11.8 Å². The molecule has 0 spiro atoms. The van der Waals surface area contributed by atoms with Crippen LogP contribution in [0.4, 0.5) is 10.1 Å². The molecule has 1 aromatic carbocycles. The number of hydrogen-bond donors (Lipinski definition) is 1. The lowest BCUT2D eigenvalue weighted by molar-refractivity contribution is -0.139. The molecule has 0 bridgehead atoms. The molecule has 1 fully saturated rings. The number of anilines is 1. The Kier molecular flexibility index (Phi) is 3.33. The van der Waals surface area contributed by atoms with Crippen LogP contribution in [0, 0.1) is 5.82 Å². The lowest BCUT2D eigenvalue weighted by atomic mass is 10.2. The number of rotatable bonds is 2. The van der Waals surface area contributed by atoms with Crippen LogP contribution < -0.4 is 4.90 Å². The van der Waals surface area contributed by atoms with Crippen molar-refractivity contribution in [1.82, 2.24) is 0 Å². The molecule has 0 radical (unpaired) electrons. The molecule has 1 saturated heterocycles. The van der Waals surface area contributed by atoms with Crippen molar-refractivity contribution in [1.29, 1.82) is 0 Å². The van der Waals surface area contributed by atoms with Crippen LogP contribution in [0.1, 0.15) is 0 Å². The van der Waals surface area contributed by atoms with E-state index in [9.17, 15) is 14.0 Å². The highest BCUT2D eigenvalue weighted by atomic mass is 32.2. The van der Waals surface area contributed by atoms with Crippen LogP contribution in [0.3, 0.4) is 0 Å². The van der Waals surface area contributed by atoms with Crippen molar-refractivity contribution in [2.45, 2.75) is 6.04 Å². The molecule has 0 aliphatic carbocycles. The Hall–Kier alpha value is -1.56. The number of nitrogens with zero attached hydrogens (tertiary/aromatic N) is 1. The molecule has 4 nitrogen and oxygen atoms in total. The van der Waals surface area contributed by atoms with Crippen molar-refractivity contribution in [2.24, 2.45) is 0 Å². The van der Waals surface area contributed by atoms with E-state index in [-0.39, 0.29) is 11.7 Å². The molecule has 1 aromatic rings. The number of carbonyl (C=O) groups is 2. The van der Waals surface area contributed by atoms with Gasteiger partial charge in [-0.2, -0.15) is 0 Å². The van der Waals surface area contributed by atoms with E-state index in [2.05, 4.69) is 0 Å². The molecule has 0 aromatic heterocycles. The SMILES string of the molecule is O=C(O)C1CSCC(=O)N1c1cccc(F)c1. The second kappa shape index (κ2) is 4.75. The lowest BCUT2D eigenvalue weighted by Gasteiger charge is -2.32. The molecule has 90 valence electrons. The fourth-order valence-corrected chi connectivity index (χ4v) is 2.65. The normalized spacial score (nSPS) is 20.4. The van der Waals surface area contributed by atoms with Gasteiger partial charge in [-0.25, -0.2) is 9.18 Å². The van der Waals surface area contributed by atoms with Gasteiger partial charge in [-0.3, -0.25) is 9.69 Å². The summed E-state index contributed by atoms with van der Waals surface area (Å²) in [5.74, 6) is -1.33. The maximum atomic E-state index is 13.1. The molecule has 0 saturated carbocycles. The summed E-state index contributed by atoms with van der Waals surface area (Å²) in [6, 6.07) is 4.49. The van der Waals surface area contributed by atoms with Gasteiger partial charge in [0.15, 0.2) is 0 Å². The van der Waals surface area contributed by atoms with Crippen LogP contribution in [0.25, 0.3) is 0 Å². The molecule has 2 rings (SSSR count). The Morgan fingerprint density at radius 3 is 2.94 bits per heavy atom. The summed E-state index contributed by atoms with van der Waals surface area (Å²) in [6.45, 7) is 0. The van der Waals surface area contributed by atoms with Crippen molar-refractivity contribution in [3.8, 4) is 0 Å². The first kappa shape index (κ1) is 11.9. The second-order valence-corrected chi connectivity index (χ2v) is 4.64. The molecule has 1 aliphatic heterocycles. The smallest absolute Gasteiger partial charge is 0.327 e. The van der Waals surface area contributed by atoms with Crippen molar-refractivity contribution in [3.63, 3.8) is 0 Å². The van der Waals surface area contributed by atoms with Gasteiger partial charge in [-0.05, 0) is 18.2 Å². The highest BCUT2D eigenvalue weighted by Crippen LogP contribution is 2.25. The summed E-state index contributed by atoms with van der Waals surface area (Å²) in [7, 11) is 0. The van der Waals surface area contributed by atoms with E-state index in [1.165, 1.54) is 36.0 Å². The summed E-state index contributed by atoms with van der Waals surface area (Å²) in [5, 5.41) is 9.06. The topological polar surface area (TPSA) is 57.6 Å². The molecule has 17 heavy (non-hydrogen) atoms. The van der Waals surface area contributed by atoms with Gasteiger partial charge in [-0.1, -0.05) is 6.07 Å². The number of carbonyl (C=O) groups excluding carboxylic acids is 1. The molecule has 1 N–H and O–H groups in total. The maximum absolute atomic E-state index is 13.1. The van der Waals surface area contributed by atoms with Crippen LogP contribution in [-0.4, -0.2) is 34.5 Å². The van der Waals surface area contributed by atoms with Crippen molar-refractivity contribution >= 4 is 29.3 Å². The second-order valence-electron chi connectivity index (χ2n) is 3.61. The number of benzene rings is 1. The molecular weight excluding hydrogens is 245 g/mol. The molecule has 1 heterocycles. The van der Waals surface area contributed by atoms with Gasteiger partial charge in [0.2, 0.25) is 5.91 Å². The average molecular weight is 255 g/mol. The first-order valence-electron chi connectivity index (χ1n) is 4.98. The summed E-state index contributed by atoms with van der Waals surface area (Å²) in [5.41, 5.74) is 0.294. The highest BCUT2D eigenvalue weighted by Gasteiger charge is 2.34. The monoisotopic (exact) mass is 255 g/mol. The van der Waals surface area contributed by atoms with Gasteiger partial charge in [0, 0.05) is 11.4 Å². The minimum atomic E-state index is -1.07. The third kappa shape index (κ3) is 2.41. The largest absolute Gasteiger partial charge is 0.480 e. The summed E-state index contributed by atoms with van der Waals surface area (Å²) < 4.78 is 13.1. The number of carboxylic acids is 1. The van der Waals surface area contributed by atoms with E-state index >= 15 is 0 Å². The number of hydrogen-bond acceptors (Lipinski definition) is 3. The van der Waals surface area contributed by atoms with E-state index in [1.807, 2.05) is 0 Å². The van der Waals surface area contributed by atoms with Gasteiger partial charge in [0.1, 0.15) is 11.9 Å². The Morgan fingerprint density at radius 1 is 1.53 bits per heavy atom. The van der Waals surface area contributed by atoms with Gasteiger partial charge in [0.05, 0.1) is 5.75 Å². The minimum Gasteiger partial charge on any atom is -0.480 e. The first-order valence-corrected chi connectivity index (χ1v) is 6.13. The number of halogens is 1. The van der Waals surface area contributed by atoms with Crippen LogP contribution in [-0.2, 0) is 9.59 Å². The van der Waals surface area contributed by atoms with E-state index in [0.29, 0.717) is 11.4 Å². The van der Waals surface area contributed by atoms with Crippen LogP contribution >= 0.6 is 11.8 Å². The average Bonchev–Trinajstić information content (AvgIpc) is 2.28. The Labute approximate surface area is 101 Å².